The maximum Gasteiger partial charge on any atom is 0.323 e. The highest BCUT2D eigenvalue weighted by molar-refractivity contribution is 7.23. The predicted octanol–water partition coefficient (Wildman–Crippen LogP) is 11.5. The van der Waals surface area contributed by atoms with Gasteiger partial charge in [0.2, 0.25) is 6.08 Å². The summed E-state index contributed by atoms with van der Waals surface area (Å²) in [6, 6.07) is 36.5. The van der Waals surface area contributed by atoms with E-state index >= 15 is 0 Å². The molecule has 0 aliphatic heterocycles. The number of nitrogens with one attached hydrogen (secondary N) is 4. The molecule has 280 valence electrons. The number of hydrogen-bond acceptors (Lipinski definition) is 10. The van der Waals surface area contributed by atoms with E-state index in [9.17, 15) is 27.2 Å². The van der Waals surface area contributed by atoms with Gasteiger partial charge in [0, 0.05) is 11.4 Å². The molecule has 0 aliphatic carbocycles. The van der Waals surface area contributed by atoms with E-state index in [0.717, 1.165) is 67.5 Å². The number of rotatable bonds is 7. The van der Waals surface area contributed by atoms with Crippen LogP contribution in [-0.4, -0.2) is 22.1 Å². The topological polar surface area (TPSA) is 146 Å². The highest BCUT2D eigenvalue weighted by Gasteiger charge is 2.15. The summed E-state index contributed by atoms with van der Waals surface area (Å²) in [6.07, 6.45) is 1.06. The lowest BCUT2D eigenvalue weighted by atomic mass is 10.3. The Bertz CT molecular complexity index is 2610. The number of aromatic nitrogens is 2. The second-order valence-electron chi connectivity index (χ2n) is 11.3. The molecule has 56 heavy (non-hydrogen) atoms. The van der Waals surface area contributed by atoms with Gasteiger partial charge in [0.25, 0.3) is 0 Å². The molecule has 16 heteroatoms. The van der Waals surface area contributed by atoms with Crippen molar-refractivity contribution >= 4 is 99.6 Å². The summed E-state index contributed by atoms with van der Waals surface area (Å²) in [6.45, 7) is 0. The van der Waals surface area contributed by atoms with Gasteiger partial charge in [0.15, 0.2) is 21.9 Å². The molecule has 8 aromatic rings. The van der Waals surface area contributed by atoms with Crippen molar-refractivity contribution in [3.63, 3.8) is 0 Å². The van der Waals surface area contributed by atoms with Gasteiger partial charge < -0.3 is 27.0 Å². The van der Waals surface area contributed by atoms with Crippen molar-refractivity contribution in [3.05, 3.63) is 157 Å². The van der Waals surface area contributed by atoms with Gasteiger partial charge in [-0.25, -0.2) is 37.1 Å². The van der Waals surface area contributed by atoms with E-state index in [2.05, 4.69) is 36.2 Å². The number of nitrogens with zero attached hydrogens (tertiary/aromatic N) is 3. The number of urea groups is 1. The van der Waals surface area contributed by atoms with Crippen LogP contribution < -0.4 is 27.0 Å². The standard InChI is InChI=1S/C20H14F2N4OS.C13H11N3S.C7H3F2NO/c21-13-8-4-9-14(22)17(13)26-19(27)24-15-10-5-11-16-18(15)28-20(25-16)23-12-6-2-1-3-7-12;14-10-7-4-8-11-12(10)17-13(16-11)15-9-5-2-1-3-6-9;8-5-2-1-3-6(9)7(5)10-4-11/h1-11H,(H,23,25)(H2,24,26,27);1-8H,14H2,(H,15,16);1-3H. The first-order valence-corrected chi connectivity index (χ1v) is 18.0. The van der Waals surface area contributed by atoms with Crippen molar-refractivity contribution in [2.45, 2.75) is 0 Å². The third-order valence-corrected chi connectivity index (χ3v) is 9.51. The number of nitrogen functional groups attached to an aromatic ring is 1. The van der Waals surface area contributed by atoms with Crippen LogP contribution in [0, 0.1) is 23.3 Å². The third-order valence-electron chi connectivity index (χ3n) is 7.46. The largest absolute Gasteiger partial charge is 0.398 e. The van der Waals surface area contributed by atoms with Crippen LogP contribution in [0.5, 0.6) is 0 Å². The van der Waals surface area contributed by atoms with E-state index < -0.39 is 40.7 Å². The van der Waals surface area contributed by atoms with Crippen LogP contribution in [0.15, 0.2) is 138 Å². The molecule has 0 atom stereocenters. The van der Waals surface area contributed by atoms with Crippen molar-refractivity contribution in [1.82, 2.24) is 9.97 Å². The third kappa shape index (κ3) is 9.89. The quantitative estimate of drug-likeness (QED) is 0.0467. The van der Waals surface area contributed by atoms with Crippen molar-refractivity contribution in [1.29, 1.82) is 0 Å². The summed E-state index contributed by atoms with van der Waals surface area (Å²) < 4.78 is 54.3. The monoisotopic (exact) mass is 792 g/mol. The first kappa shape index (κ1) is 38.6. The number of carbonyl (C=O) groups excluding carboxylic acids is 2. The van der Waals surface area contributed by atoms with Crippen molar-refractivity contribution in [2.75, 3.05) is 27.0 Å². The van der Waals surface area contributed by atoms with E-state index in [1.165, 1.54) is 23.5 Å². The summed E-state index contributed by atoms with van der Waals surface area (Å²) in [4.78, 5) is 33.7. The Morgan fingerprint density at radius 2 is 1.07 bits per heavy atom. The number of hydrogen-bond donors (Lipinski definition) is 5. The molecule has 0 aliphatic rings. The number of halogens is 4. The van der Waals surface area contributed by atoms with E-state index in [-0.39, 0.29) is 0 Å². The van der Waals surface area contributed by atoms with Gasteiger partial charge in [-0.15, -0.1) is 0 Å². The van der Waals surface area contributed by atoms with E-state index in [1.54, 1.807) is 23.5 Å². The van der Waals surface area contributed by atoms with E-state index in [4.69, 9.17) is 5.73 Å². The molecule has 0 saturated carbocycles. The number of thiazole rings is 2. The van der Waals surface area contributed by atoms with Crippen molar-refractivity contribution in [3.8, 4) is 0 Å². The summed E-state index contributed by atoms with van der Waals surface area (Å²) in [5.41, 5.74) is 9.64. The number of nitrogens with two attached hydrogens (primary N) is 1. The molecule has 2 heterocycles. The van der Waals surface area contributed by atoms with Crippen LogP contribution in [0.2, 0.25) is 0 Å². The molecule has 6 aromatic carbocycles. The average molecular weight is 793 g/mol. The van der Waals surface area contributed by atoms with Crippen molar-refractivity contribution < 1.29 is 27.2 Å². The predicted molar refractivity (Wildman–Crippen MR) is 216 cm³/mol. The number of anilines is 7. The first-order valence-electron chi connectivity index (χ1n) is 16.4. The van der Waals surface area contributed by atoms with Gasteiger partial charge in [0.1, 0.15) is 23.0 Å². The lowest BCUT2D eigenvalue weighted by Crippen LogP contribution is -2.21. The molecule has 10 nitrogen and oxygen atoms in total. The minimum atomic E-state index is -0.867. The van der Waals surface area contributed by atoms with Crippen LogP contribution in [0.3, 0.4) is 0 Å². The number of fused-ring (bicyclic) bond motifs is 2. The fourth-order valence-corrected chi connectivity index (χ4v) is 6.80. The fourth-order valence-electron chi connectivity index (χ4n) is 4.94. The number of benzene rings is 6. The zero-order valence-corrected chi connectivity index (χ0v) is 30.4. The maximum atomic E-state index is 13.7. The highest BCUT2D eigenvalue weighted by atomic mass is 32.1. The molecular formula is C40H28F4N8O2S2. The molecule has 0 unspecified atom stereocenters. The Kier molecular flexibility index (Phi) is 12.6. The molecule has 0 saturated heterocycles. The molecule has 0 bridgehead atoms. The minimum absolute atomic E-state index is 0.491. The Balaban J connectivity index is 0.000000160. The minimum Gasteiger partial charge on any atom is -0.398 e. The molecule has 8 rings (SSSR count). The van der Waals surface area contributed by atoms with Gasteiger partial charge in [0.05, 0.1) is 31.8 Å². The molecule has 0 fully saturated rings. The van der Waals surface area contributed by atoms with Crippen LogP contribution >= 0.6 is 22.7 Å². The second kappa shape index (κ2) is 18.3. The molecule has 0 radical (unpaired) electrons. The van der Waals surface area contributed by atoms with Crippen LogP contribution in [0.4, 0.5) is 66.7 Å². The van der Waals surface area contributed by atoms with Gasteiger partial charge in [-0.1, -0.05) is 83.3 Å². The Hall–Kier alpha value is -7.13. The summed E-state index contributed by atoms with van der Waals surface area (Å²) in [5.74, 6) is -3.43. The van der Waals surface area contributed by atoms with Gasteiger partial charge in [-0.2, -0.15) is 4.99 Å². The van der Waals surface area contributed by atoms with Gasteiger partial charge >= 0.3 is 6.03 Å². The molecule has 2 amide bonds. The normalized spacial score (nSPS) is 10.3. The number of para-hydroxylation sites is 4. The highest BCUT2D eigenvalue weighted by Crippen LogP contribution is 2.34. The maximum absolute atomic E-state index is 13.7. The molecular weight excluding hydrogens is 765 g/mol. The lowest BCUT2D eigenvalue weighted by Gasteiger charge is -2.09. The van der Waals surface area contributed by atoms with E-state index in [0.29, 0.717) is 16.3 Å². The smallest absolute Gasteiger partial charge is 0.323 e. The van der Waals surface area contributed by atoms with Crippen molar-refractivity contribution in [2.24, 2.45) is 4.99 Å². The second-order valence-corrected chi connectivity index (χ2v) is 13.3. The Morgan fingerprint density at radius 1 is 0.589 bits per heavy atom. The summed E-state index contributed by atoms with van der Waals surface area (Å²) in [7, 11) is 0. The molecule has 0 spiro atoms. The van der Waals surface area contributed by atoms with E-state index in [1.807, 2.05) is 84.9 Å². The van der Waals surface area contributed by atoms with Crippen LogP contribution in [0.1, 0.15) is 0 Å². The van der Waals surface area contributed by atoms with Crippen LogP contribution in [-0.2, 0) is 4.79 Å². The molecule has 6 N–H and O–H groups in total. The number of carbonyl (C=O) groups is 1. The molecule has 2 aromatic heterocycles. The Morgan fingerprint density at radius 3 is 1.61 bits per heavy atom. The average Bonchev–Trinajstić information content (AvgIpc) is 3.81. The summed E-state index contributed by atoms with van der Waals surface area (Å²) in [5, 5.41) is 12.8. The zero-order valence-electron chi connectivity index (χ0n) is 28.8. The fraction of sp³-hybridized carbons (Fsp3) is 0. The summed E-state index contributed by atoms with van der Waals surface area (Å²) >= 11 is 2.93. The number of amides is 2. The number of isocyanates is 1. The van der Waals surface area contributed by atoms with Crippen LogP contribution in [0.25, 0.3) is 20.4 Å². The van der Waals surface area contributed by atoms with Gasteiger partial charge in [-0.05, 0) is 72.8 Å². The first-order chi connectivity index (χ1) is 27.2. The zero-order chi connectivity index (χ0) is 39.4. The number of aliphatic imine (C=N–C) groups is 1. The van der Waals surface area contributed by atoms with Gasteiger partial charge in [-0.3, -0.25) is 0 Å². The lowest BCUT2D eigenvalue weighted by molar-refractivity contribution is 0.262. The SMILES string of the molecule is Nc1cccc2nc(Nc3ccccc3)sc12.O=C(Nc1c(F)cccc1F)Nc1cccc2nc(Nc3ccccc3)sc12.O=C=Nc1c(F)cccc1F. The Labute approximate surface area is 324 Å².